The zero-order chi connectivity index (χ0) is 14.3. The van der Waals surface area contributed by atoms with Crippen molar-refractivity contribution in [1.82, 2.24) is 0 Å². The van der Waals surface area contributed by atoms with Crippen LogP contribution in [-0.4, -0.2) is 24.9 Å². The van der Waals surface area contributed by atoms with Crippen molar-refractivity contribution >= 4 is 24.2 Å². The molecule has 0 atom stereocenters. The molecular weight excluding hydrogens is 262 g/mol. The fraction of sp³-hybridized carbons (Fsp3) is 0.571. The topological polar surface area (TPSA) is 27.7 Å². The molecule has 104 valence electrons. The van der Waals surface area contributed by atoms with E-state index < -0.39 is 7.12 Å². The summed E-state index contributed by atoms with van der Waals surface area (Å²) >= 11 is 6.12. The molecule has 0 unspecified atom stereocenters. The van der Waals surface area contributed by atoms with Gasteiger partial charge in [-0.15, -0.1) is 0 Å². The van der Waals surface area contributed by atoms with Gasteiger partial charge in [-0.3, -0.25) is 0 Å². The number of hydrogen-bond acceptors (Lipinski definition) is 3. The highest BCUT2D eigenvalue weighted by atomic mass is 35.5. The maximum absolute atomic E-state index is 6.12. The maximum Gasteiger partial charge on any atom is 0.495 e. The first-order valence-electron chi connectivity index (χ1n) is 6.54. The summed E-state index contributed by atoms with van der Waals surface area (Å²) in [6.07, 6.45) is 0. The third kappa shape index (κ3) is 2.91. The van der Waals surface area contributed by atoms with E-state index in [1.54, 1.807) is 6.07 Å². The highest BCUT2D eigenvalue weighted by molar-refractivity contribution is 6.62. The summed E-state index contributed by atoms with van der Waals surface area (Å²) in [5.41, 5.74) is 0.173. The average molecular weight is 283 g/mol. The van der Waals surface area contributed by atoms with E-state index >= 15 is 0 Å². The minimum Gasteiger partial charge on any atom is -0.494 e. The lowest BCUT2D eigenvalue weighted by Crippen LogP contribution is -2.41. The Morgan fingerprint density at radius 1 is 1.11 bits per heavy atom. The Labute approximate surface area is 120 Å². The van der Waals surface area contributed by atoms with Crippen LogP contribution in [0.1, 0.15) is 34.6 Å². The van der Waals surface area contributed by atoms with Crippen molar-refractivity contribution in [3.05, 3.63) is 23.2 Å². The zero-order valence-corrected chi connectivity index (χ0v) is 12.9. The molecular formula is C14H20BClO3. The monoisotopic (exact) mass is 282 g/mol. The van der Waals surface area contributed by atoms with Gasteiger partial charge in [0.25, 0.3) is 0 Å². The molecule has 0 aromatic heterocycles. The Morgan fingerprint density at radius 2 is 1.68 bits per heavy atom. The van der Waals surface area contributed by atoms with Crippen LogP contribution in [0.3, 0.4) is 0 Å². The van der Waals surface area contributed by atoms with Crippen LogP contribution in [0.4, 0.5) is 0 Å². The molecule has 1 aliphatic rings. The maximum atomic E-state index is 6.12. The lowest BCUT2D eigenvalue weighted by molar-refractivity contribution is 0.00578. The van der Waals surface area contributed by atoms with Gasteiger partial charge in [-0.1, -0.05) is 11.6 Å². The van der Waals surface area contributed by atoms with Crippen molar-refractivity contribution in [3.8, 4) is 5.75 Å². The van der Waals surface area contributed by atoms with Gasteiger partial charge < -0.3 is 14.0 Å². The molecule has 5 heteroatoms. The van der Waals surface area contributed by atoms with Gasteiger partial charge in [0.05, 0.1) is 17.8 Å². The Bertz CT molecular complexity index is 458. The van der Waals surface area contributed by atoms with Gasteiger partial charge in [0.15, 0.2) is 0 Å². The van der Waals surface area contributed by atoms with Crippen molar-refractivity contribution in [1.29, 1.82) is 0 Å². The molecule has 1 aromatic carbocycles. The van der Waals surface area contributed by atoms with E-state index in [1.807, 2.05) is 46.8 Å². The van der Waals surface area contributed by atoms with E-state index in [0.717, 1.165) is 11.2 Å². The molecule has 3 nitrogen and oxygen atoms in total. The largest absolute Gasteiger partial charge is 0.495 e. The first-order valence-corrected chi connectivity index (χ1v) is 6.92. The lowest BCUT2D eigenvalue weighted by Gasteiger charge is -2.32. The molecule has 1 fully saturated rings. The zero-order valence-electron chi connectivity index (χ0n) is 12.1. The van der Waals surface area contributed by atoms with Crippen molar-refractivity contribution < 1.29 is 14.0 Å². The molecule has 0 amide bonds. The molecule has 2 rings (SSSR count). The number of hydrogen-bond donors (Lipinski definition) is 0. The molecule has 0 spiro atoms. The Kier molecular flexibility index (Phi) is 3.87. The quantitative estimate of drug-likeness (QED) is 0.798. The van der Waals surface area contributed by atoms with Gasteiger partial charge in [-0.2, -0.15) is 0 Å². The minimum atomic E-state index is -0.414. The van der Waals surface area contributed by atoms with Gasteiger partial charge in [0, 0.05) is 5.02 Å². The van der Waals surface area contributed by atoms with E-state index in [2.05, 4.69) is 0 Å². The second-order valence-corrected chi connectivity index (χ2v) is 6.18. The Morgan fingerprint density at radius 3 is 2.21 bits per heavy atom. The standard InChI is InChI=1S/C14H20BClO3/c1-6-17-12-8-10(7-11(16)9-12)15-18-13(2,3)14(4,5)19-15/h7-9H,6H2,1-5H3. The van der Waals surface area contributed by atoms with Crippen molar-refractivity contribution in [2.24, 2.45) is 0 Å². The fourth-order valence-electron chi connectivity index (χ4n) is 1.95. The molecule has 1 heterocycles. The smallest absolute Gasteiger partial charge is 0.494 e. The van der Waals surface area contributed by atoms with Gasteiger partial charge >= 0.3 is 7.12 Å². The highest BCUT2D eigenvalue weighted by Gasteiger charge is 2.51. The van der Waals surface area contributed by atoms with E-state index in [-0.39, 0.29) is 11.2 Å². The average Bonchev–Trinajstić information content (AvgIpc) is 2.48. The molecule has 1 aliphatic heterocycles. The molecule has 1 aromatic rings. The minimum absolute atomic E-state index is 0.355. The summed E-state index contributed by atoms with van der Waals surface area (Å²) in [5.74, 6) is 0.736. The molecule has 19 heavy (non-hydrogen) atoms. The second-order valence-electron chi connectivity index (χ2n) is 5.74. The number of rotatable bonds is 3. The van der Waals surface area contributed by atoms with Gasteiger partial charge in [-0.05, 0) is 58.3 Å². The van der Waals surface area contributed by atoms with Crippen LogP contribution in [0.25, 0.3) is 0 Å². The van der Waals surface area contributed by atoms with Crippen molar-refractivity contribution in [2.75, 3.05) is 6.61 Å². The molecule has 0 radical (unpaired) electrons. The van der Waals surface area contributed by atoms with Crippen LogP contribution in [0.5, 0.6) is 5.75 Å². The second kappa shape index (κ2) is 5.00. The summed E-state index contributed by atoms with van der Waals surface area (Å²) in [4.78, 5) is 0. The Balaban J connectivity index is 2.29. The van der Waals surface area contributed by atoms with Crippen LogP contribution in [-0.2, 0) is 9.31 Å². The predicted molar refractivity (Wildman–Crippen MR) is 78.3 cm³/mol. The van der Waals surface area contributed by atoms with Gasteiger partial charge in [-0.25, -0.2) is 0 Å². The third-order valence-corrected chi connectivity index (χ3v) is 3.95. The normalized spacial score (nSPS) is 20.6. The Hall–Kier alpha value is -0.705. The lowest BCUT2D eigenvalue weighted by atomic mass is 9.79. The number of ether oxygens (including phenoxy) is 1. The van der Waals surface area contributed by atoms with Crippen LogP contribution < -0.4 is 10.2 Å². The summed E-state index contributed by atoms with van der Waals surface area (Å²) in [5, 5.41) is 0.621. The molecule has 1 saturated heterocycles. The number of benzene rings is 1. The predicted octanol–water partition coefficient (Wildman–Crippen LogP) is 3.04. The van der Waals surface area contributed by atoms with Crippen LogP contribution in [0.15, 0.2) is 18.2 Å². The van der Waals surface area contributed by atoms with Crippen LogP contribution >= 0.6 is 11.6 Å². The summed E-state index contributed by atoms with van der Waals surface area (Å²) in [6, 6.07) is 5.56. The summed E-state index contributed by atoms with van der Waals surface area (Å²) in [6.45, 7) is 10.7. The van der Waals surface area contributed by atoms with Crippen LogP contribution in [0, 0.1) is 0 Å². The van der Waals surface area contributed by atoms with E-state index in [1.165, 1.54) is 0 Å². The summed E-state index contributed by atoms with van der Waals surface area (Å²) in [7, 11) is -0.414. The molecule has 0 bridgehead atoms. The van der Waals surface area contributed by atoms with Gasteiger partial charge in [0.1, 0.15) is 5.75 Å². The SMILES string of the molecule is CCOc1cc(Cl)cc(B2OC(C)(C)C(C)(C)O2)c1. The van der Waals surface area contributed by atoms with Gasteiger partial charge in [0.2, 0.25) is 0 Å². The van der Waals surface area contributed by atoms with Crippen LogP contribution in [0.2, 0.25) is 5.02 Å². The first kappa shape index (κ1) is 14.7. The van der Waals surface area contributed by atoms with E-state index in [0.29, 0.717) is 11.6 Å². The molecule has 0 N–H and O–H groups in total. The molecule has 0 saturated carbocycles. The summed E-state index contributed by atoms with van der Waals surface area (Å²) < 4.78 is 17.5. The number of halogens is 1. The highest BCUT2D eigenvalue weighted by Crippen LogP contribution is 2.36. The molecule has 0 aliphatic carbocycles. The van der Waals surface area contributed by atoms with E-state index in [9.17, 15) is 0 Å². The van der Waals surface area contributed by atoms with Crippen molar-refractivity contribution in [2.45, 2.75) is 45.8 Å². The fourth-order valence-corrected chi connectivity index (χ4v) is 2.18. The van der Waals surface area contributed by atoms with E-state index in [4.69, 9.17) is 25.6 Å². The first-order chi connectivity index (χ1) is 8.75. The third-order valence-electron chi connectivity index (χ3n) is 3.73. The van der Waals surface area contributed by atoms with Crippen molar-refractivity contribution in [3.63, 3.8) is 0 Å².